The molecule has 0 atom stereocenters. The summed E-state index contributed by atoms with van der Waals surface area (Å²) in [5.74, 6) is -3.08. The number of aliphatic carboxylic acids is 2. The van der Waals surface area contributed by atoms with E-state index >= 15 is 0 Å². The average Bonchev–Trinajstić information content (AvgIpc) is 2.14. The average molecular weight is 282 g/mol. The molecule has 18 heavy (non-hydrogen) atoms. The fourth-order valence-electron chi connectivity index (χ4n) is 2.09. The van der Waals surface area contributed by atoms with E-state index in [9.17, 15) is 19.8 Å². The first-order valence-electron chi connectivity index (χ1n) is 6.13. The standard InChI is InChI=1S/C13H24O4.Ca/c1-5-6-7-8-9-13(10(14)15,11(16)17)12(2,3)4;/h5-9H2,1-4H3,(H,14,15)(H,16,17);/q;+2/p-2. The van der Waals surface area contributed by atoms with Crippen molar-refractivity contribution in [1.82, 2.24) is 0 Å². The van der Waals surface area contributed by atoms with Crippen molar-refractivity contribution < 1.29 is 19.8 Å². The molecule has 0 unspecified atom stereocenters. The number of carbonyl (C=O) groups is 2. The van der Waals surface area contributed by atoms with E-state index in [0.717, 1.165) is 19.3 Å². The van der Waals surface area contributed by atoms with Crippen LogP contribution < -0.4 is 10.2 Å². The summed E-state index contributed by atoms with van der Waals surface area (Å²) < 4.78 is 0. The zero-order valence-electron chi connectivity index (χ0n) is 11.9. The van der Waals surface area contributed by atoms with Crippen molar-refractivity contribution >= 4 is 49.7 Å². The molecule has 0 radical (unpaired) electrons. The van der Waals surface area contributed by atoms with Crippen molar-refractivity contribution in [3.05, 3.63) is 0 Å². The van der Waals surface area contributed by atoms with Gasteiger partial charge in [-0.25, -0.2) is 0 Å². The fraction of sp³-hybridized carbons (Fsp3) is 0.846. The molecule has 0 bridgehead atoms. The summed E-state index contributed by atoms with van der Waals surface area (Å²) in [7, 11) is 0. The van der Waals surface area contributed by atoms with Gasteiger partial charge in [0.2, 0.25) is 0 Å². The van der Waals surface area contributed by atoms with Gasteiger partial charge in [0.1, 0.15) is 0 Å². The molecular formula is C13H22CaO4. The predicted octanol–water partition coefficient (Wildman–Crippen LogP) is 0.108. The second-order valence-corrected chi connectivity index (χ2v) is 5.54. The van der Waals surface area contributed by atoms with E-state index < -0.39 is 22.8 Å². The zero-order valence-corrected chi connectivity index (χ0v) is 14.1. The van der Waals surface area contributed by atoms with E-state index in [1.807, 2.05) is 6.92 Å². The monoisotopic (exact) mass is 282 g/mol. The van der Waals surface area contributed by atoms with E-state index in [1.54, 1.807) is 20.8 Å². The fourth-order valence-corrected chi connectivity index (χ4v) is 2.09. The molecule has 0 amide bonds. The summed E-state index contributed by atoms with van der Waals surface area (Å²) in [5, 5.41) is 22.5. The maximum Gasteiger partial charge on any atom is 2.00 e. The second kappa shape index (κ2) is 8.39. The van der Waals surface area contributed by atoms with E-state index in [-0.39, 0.29) is 44.2 Å². The topological polar surface area (TPSA) is 80.3 Å². The van der Waals surface area contributed by atoms with Gasteiger partial charge in [0, 0.05) is 0 Å². The van der Waals surface area contributed by atoms with E-state index in [0.29, 0.717) is 6.42 Å². The van der Waals surface area contributed by atoms with Crippen LogP contribution in [-0.2, 0) is 9.59 Å². The van der Waals surface area contributed by atoms with Crippen LogP contribution in [0.15, 0.2) is 0 Å². The Morgan fingerprint density at radius 3 is 1.67 bits per heavy atom. The third-order valence-electron chi connectivity index (χ3n) is 3.38. The Kier molecular flexibility index (Phi) is 9.56. The Morgan fingerprint density at radius 1 is 0.944 bits per heavy atom. The number of unbranched alkanes of at least 4 members (excludes halogenated alkanes) is 3. The van der Waals surface area contributed by atoms with Crippen molar-refractivity contribution in [2.75, 3.05) is 0 Å². The van der Waals surface area contributed by atoms with Gasteiger partial charge in [-0.15, -0.1) is 0 Å². The maximum absolute atomic E-state index is 11.2. The van der Waals surface area contributed by atoms with Crippen molar-refractivity contribution in [3.8, 4) is 0 Å². The molecule has 0 heterocycles. The van der Waals surface area contributed by atoms with Crippen LogP contribution in [0.4, 0.5) is 0 Å². The van der Waals surface area contributed by atoms with Gasteiger partial charge in [-0.3, -0.25) is 0 Å². The van der Waals surface area contributed by atoms with Crippen LogP contribution in [0.5, 0.6) is 0 Å². The zero-order chi connectivity index (χ0) is 13.7. The summed E-state index contributed by atoms with van der Waals surface area (Å²) in [5.41, 5.74) is -2.82. The molecule has 5 heteroatoms. The van der Waals surface area contributed by atoms with Gasteiger partial charge in [-0.2, -0.15) is 0 Å². The molecule has 0 aromatic rings. The van der Waals surface area contributed by atoms with Gasteiger partial charge in [0.25, 0.3) is 0 Å². The number of hydrogen-bond donors (Lipinski definition) is 0. The minimum absolute atomic E-state index is 0. The number of carboxylic acid groups (broad SMARTS) is 2. The Hall–Kier alpha value is 0.200. The molecular weight excluding hydrogens is 260 g/mol. The van der Waals surface area contributed by atoms with Crippen LogP contribution in [0.2, 0.25) is 0 Å². The van der Waals surface area contributed by atoms with Crippen LogP contribution in [0.3, 0.4) is 0 Å². The van der Waals surface area contributed by atoms with Crippen LogP contribution in [0.25, 0.3) is 0 Å². The molecule has 100 valence electrons. The number of hydrogen-bond acceptors (Lipinski definition) is 4. The molecule has 0 fully saturated rings. The predicted molar refractivity (Wildman–Crippen MR) is 66.4 cm³/mol. The van der Waals surface area contributed by atoms with Gasteiger partial charge < -0.3 is 19.8 Å². The Morgan fingerprint density at radius 2 is 1.39 bits per heavy atom. The quantitative estimate of drug-likeness (QED) is 0.377. The smallest absolute Gasteiger partial charge is 0.549 e. The molecule has 0 rings (SSSR count). The van der Waals surface area contributed by atoms with Crippen molar-refractivity contribution in [3.63, 3.8) is 0 Å². The first-order valence-corrected chi connectivity index (χ1v) is 6.13. The van der Waals surface area contributed by atoms with Crippen molar-refractivity contribution in [2.45, 2.75) is 59.8 Å². The third kappa shape index (κ3) is 4.71. The summed E-state index contributed by atoms with van der Waals surface area (Å²) in [6.07, 6.45) is 3.45. The largest absolute Gasteiger partial charge is 2.00 e. The van der Waals surface area contributed by atoms with E-state index in [4.69, 9.17) is 0 Å². The molecule has 0 aromatic heterocycles. The maximum atomic E-state index is 11.2. The molecule has 4 nitrogen and oxygen atoms in total. The molecule has 0 saturated heterocycles. The molecule has 0 spiro atoms. The van der Waals surface area contributed by atoms with Gasteiger partial charge in [-0.05, 0) is 11.8 Å². The molecule has 0 N–H and O–H groups in total. The first kappa shape index (κ1) is 20.5. The van der Waals surface area contributed by atoms with Gasteiger partial charge in [0.15, 0.2) is 0 Å². The van der Waals surface area contributed by atoms with Gasteiger partial charge in [-0.1, -0.05) is 53.4 Å². The Bertz CT molecular complexity index is 267. The van der Waals surface area contributed by atoms with E-state index in [2.05, 4.69) is 0 Å². The van der Waals surface area contributed by atoms with E-state index in [1.165, 1.54) is 0 Å². The van der Waals surface area contributed by atoms with Gasteiger partial charge in [0.05, 0.1) is 17.4 Å². The molecule has 0 aromatic carbocycles. The minimum atomic E-state index is -1.90. The SMILES string of the molecule is CCCCCCC(C(=O)[O-])(C(=O)[O-])C(C)(C)C.[Ca+2]. The van der Waals surface area contributed by atoms with Crippen molar-refractivity contribution in [1.29, 1.82) is 0 Å². The minimum Gasteiger partial charge on any atom is -0.549 e. The second-order valence-electron chi connectivity index (χ2n) is 5.54. The number of rotatable bonds is 7. The number of carbonyl (C=O) groups excluding carboxylic acids is 2. The Labute approximate surface area is 139 Å². The summed E-state index contributed by atoms with van der Waals surface area (Å²) in [6.45, 7) is 6.82. The number of carboxylic acids is 2. The summed E-state index contributed by atoms with van der Waals surface area (Å²) >= 11 is 0. The van der Waals surface area contributed by atoms with Crippen molar-refractivity contribution in [2.24, 2.45) is 10.8 Å². The third-order valence-corrected chi connectivity index (χ3v) is 3.38. The van der Waals surface area contributed by atoms with Gasteiger partial charge >= 0.3 is 37.7 Å². The van der Waals surface area contributed by atoms with Crippen LogP contribution in [-0.4, -0.2) is 49.7 Å². The molecule has 0 saturated carbocycles. The van der Waals surface area contributed by atoms with Crippen LogP contribution >= 0.6 is 0 Å². The summed E-state index contributed by atoms with van der Waals surface area (Å²) in [4.78, 5) is 22.5. The first-order chi connectivity index (χ1) is 7.70. The molecule has 0 aliphatic heterocycles. The van der Waals surface area contributed by atoms with Crippen LogP contribution in [0, 0.1) is 10.8 Å². The normalized spacial score (nSPS) is 11.8. The summed E-state index contributed by atoms with van der Waals surface area (Å²) in [6, 6.07) is 0. The molecule has 0 aliphatic carbocycles. The Balaban J connectivity index is 0. The van der Waals surface area contributed by atoms with Crippen LogP contribution in [0.1, 0.15) is 59.8 Å². The molecule has 0 aliphatic rings.